The molecule has 1 fully saturated rings. The number of hydrogen-bond acceptors (Lipinski definition) is 3. The molecule has 0 aliphatic carbocycles. The number of aromatic nitrogens is 1. The fraction of sp³-hybridized carbons (Fsp3) is 0.706. The van der Waals surface area contributed by atoms with E-state index in [1.165, 1.54) is 5.69 Å². The van der Waals surface area contributed by atoms with E-state index < -0.39 is 5.60 Å². The Labute approximate surface area is 133 Å². The maximum Gasteiger partial charge on any atom is 0.410 e. The predicted octanol–water partition coefficient (Wildman–Crippen LogP) is 3.26. The van der Waals surface area contributed by atoms with Crippen molar-refractivity contribution in [2.45, 2.75) is 45.8 Å². The molecule has 0 radical (unpaired) electrons. The number of nitrogens with one attached hydrogen (secondary N) is 1. The van der Waals surface area contributed by atoms with Crippen LogP contribution in [0.3, 0.4) is 0 Å². The number of hydrogen-bond donors (Lipinski definition) is 1. The highest BCUT2D eigenvalue weighted by molar-refractivity contribution is 5.68. The van der Waals surface area contributed by atoms with E-state index in [0.717, 1.165) is 26.1 Å². The molecule has 1 aliphatic rings. The van der Waals surface area contributed by atoms with Crippen LogP contribution in [-0.2, 0) is 4.74 Å². The van der Waals surface area contributed by atoms with Crippen LogP contribution >= 0.6 is 0 Å². The Hall–Kier alpha value is -1.49. The lowest BCUT2D eigenvalue weighted by molar-refractivity contribution is 0.0285. The summed E-state index contributed by atoms with van der Waals surface area (Å²) in [6, 6.07) is 4.49. The first-order chi connectivity index (χ1) is 10.3. The van der Waals surface area contributed by atoms with Gasteiger partial charge in [-0.15, -0.1) is 0 Å². The second-order valence-corrected chi connectivity index (χ2v) is 7.32. The number of amides is 1. The van der Waals surface area contributed by atoms with E-state index in [1.807, 2.05) is 37.9 Å². The van der Waals surface area contributed by atoms with Gasteiger partial charge >= 0.3 is 6.09 Å². The molecule has 0 aromatic carbocycles. The van der Waals surface area contributed by atoms with Gasteiger partial charge in [-0.2, -0.15) is 0 Å². The van der Waals surface area contributed by atoms with Crippen LogP contribution in [-0.4, -0.2) is 53.2 Å². The van der Waals surface area contributed by atoms with Crippen molar-refractivity contribution >= 4 is 6.09 Å². The fourth-order valence-electron chi connectivity index (χ4n) is 2.88. The van der Waals surface area contributed by atoms with Gasteiger partial charge in [0.2, 0.25) is 0 Å². The van der Waals surface area contributed by atoms with Gasteiger partial charge in [0.25, 0.3) is 0 Å². The molecule has 2 rings (SSSR count). The highest BCUT2D eigenvalue weighted by atomic mass is 16.6. The van der Waals surface area contributed by atoms with Crippen molar-refractivity contribution in [2.24, 2.45) is 5.92 Å². The molecule has 1 aromatic heterocycles. The smallest absolute Gasteiger partial charge is 0.410 e. The van der Waals surface area contributed by atoms with Gasteiger partial charge in [-0.25, -0.2) is 4.79 Å². The molecule has 2 heterocycles. The van der Waals surface area contributed by atoms with Crippen molar-refractivity contribution in [3.8, 4) is 0 Å². The number of aromatic amines is 1. The monoisotopic (exact) mass is 307 g/mol. The zero-order valence-electron chi connectivity index (χ0n) is 14.4. The number of rotatable bonds is 4. The molecular weight excluding hydrogens is 278 g/mol. The van der Waals surface area contributed by atoms with Crippen LogP contribution in [0.5, 0.6) is 0 Å². The normalized spacial score (nSPS) is 20.5. The van der Waals surface area contributed by atoms with E-state index in [2.05, 4.69) is 29.9 Å². The molecule has 22 heavy (non-hydrogen) atoms. The zero-order valence-corrected chi connectivity index (χ0v) is 14.4. The summed E-state index contributed by atoms with van der Waals surface area (Å²) < 4.78 is 5.45. The molecule has 1 saturated heterocycles. The lowest BCUT2D eigenvalue weighted by atomic mass is 10.1. The molecule has 0 bridgehead atoms. The number of carbonyl (C=O) groups excluding carboxylic acids is 1. The third kappa shape index (κ3) is 4.50. The summed E-state index contributed by atoms with van der Waals surface area (Å²) >= 11 is 0. The van der Waals surface area contributed by atoms with E-state index in [4.69, 9.17) is 4.74 Å². The Balaban J connectivity index is 1.82. The predicted molar refractivity (Wildman–Crippen MR) is 87.8 cm³/mol. The highest BCUT2D eigenvalue weighted by Gasteiger charge is 2.30. The molecule has 1 amide bonds. The number of ether oxygens (including phenoxy) is 1. The van der Waals surface area contributed by atoms with Gasteiger partial charge in [0.15, 0.2) is 0 Å². The van der Waals surface area contributed by atoms with Gasteiger partial charge in [0.1, 0.15) is 5.60 Å². The Morgan fingerprint density at radius 1 is 1.55 bits per heavy atom. The molecule has 0 unspecified atom stereocenters. The van der Waals surface area contributed by atoms with Crippen LogP contribution in [0.2, 0.25) is 0 Å². The van der Waals surface area contributed by atoms with Crippen LogP contribution < -0.4 is 0 Å². The quantitative estimate of drug-likeness (QED) is 0.929. The number of carbonyl (C=O) groups is 1. The number of likely N-dealkylation sites (tertiary alicyclic amines) is 1. The van der Waals surface area contributed by atoms with Crippen molar-refractivity contribution in [2.75, 3.05) is 26.7 Å². The lowest BCUT2D eigenvalue weighted by Crippen LogP contribution is -2.36. The molecule has 1 aliphatic heterocycles. The summed E-state index contributed by atoms with van der Waals surface area (Å²) in [7, 11) is 2.14. The van der Waals surface area contributed by atoms with Gasteiger partial charge in [0, 0.05) is 37.6 Å². The number of nitrogens with zero attached hydrogens (tertiary/aromatic N) is 2. The zero-order chi connectivity index (χ0) is 16.3. The van der Waals surface area contributed by atoms with Gasteiger partial charge in [-0.3, -0.25) is 4.90 Å². The van der Waals surface area contributed by atoms with Crippen molar-refractivity contribution in [1.29, 1.82) is 0 Å². The lowest BCUT2D eigenvalue weighted by Gasteiger charge is -2.27. The summed E-state index contributed by atoms with van der Waals surface area (Å²) in [5.74, 6) is 0.509. The highest BCUT2D eigenvalue weighted by Crippen LogP contribution is 2.23. The minimum Gasteiger partial charge on any atom is -0.444 e. The topological polar surface area (TPSA) is 48.6 Å². The molecule has 5 nitrogen and oxygen atoms in total. The van der Waals surface area contributed by atoms with Crippen molar-refractivity contribution < 1.29 is 9.53 Å². The third-order valence-corrected chi connectivity index (χ3v) is 4.22. The molecule has 5 heteroatoms. The maximum atomic E-state index is 12.1. The van der Waals surface area contributed by atoms with Crippen LogP contribution in [0.4, 0.5) is 4.79 Å². The summed E-state index contributed by atoms with van der Waals surface area (Å²) in [6.45, 7) is 10.5. The molecule has 2 atom stereocenters. The average Bonchev–Trinajstić information content (AvgIpc) is 3.06. The van der Waals surface area contributed by atoms with Crippen molar-refractivity contribution in [1.82, 2.24) is 14.8 Å². The molecule has 0 spiro atoms. The molecule has 124 valence electrons. The van der Waals surface area contributed by atoms with Crippen LogP contribution in [0.1, 0.15) is 45.9 Å². The fourth-order valence-corrected chi connectivity index (χ4v) is 2.88. The van der Waals surface area contributed by atoms with E-state index in [0.29, 0.717) is 12.0 Å². The Kier molecular flexibility index (Phi) is 5.16. The van der Waals surface area contributed by atoms with Gasteiger partial charge in [-0.05, 0) is 59.2 Å². The van der Waals surface area contributed by atoms with Gasteiger partial charge < -0.3 is 14.6 Å². The van der Waals surface area contributed by atoms with Gasteiger partial charge in [0.05, 0.1) is 0 Å². The molecule has 0 saturated carbocycles. The summed E-state index contributed by atoms with van der Waals surface area (Å²) in [5, 5.41) is 0. The van der Waals surface area contributed by atoms with E-state index in [9.17, 15) is 4.79 Å². The van der Waals surface area contributed by atoms with E-state index in [1.54, 1.807) is 0 Å². The largest absolute Gasteiger partial charge is 0.444 e. The average molecular weight is 307 g/mol. The standard InChI is InChI=1S/C17H29N3O2/c1-13(15-7-6-9-18-15)19(5)11-14-8-10-20(12-14)16(21)22-17(2,3)4/h6-7,9,13-14,18H,8,10-12H2,1-5H3/t13-,14-/m1/s1. The van der Waals surface area contributed by atoms with Crippen LogP contribution in [0.25, 0.3) is 0 Å². The molecular formula is C17H29N3O2. The Morgan fingerprint density at radius 3 is 2.86 bits per heavy atom. The van der Waals surface area contributed by atoms with Gasteiger partial charge in [-0.1, -0.05) is 0 Å². The minimum absolute atomic E-state index is 0.185. The Bertz CT molecular complexity index is 479. The first-order valence-electron chi connectivity index (χ1n) is 8.07. The second kappa shape index (κ2) is 6.73. The first-order valence-corrected chi connectivity index (χ1v) is 8.07. The third-order valence-electron chi connectivity index (χ3n) is 4.22. The van der Waals surface area contributed by atoms with Crippen LogP contribution in [0, 0.1) is 5.92 Å². The molecule has 1 N–H and O–H groups in total. The second-order valence-electron chi connectivity index (χ2n) is 7.32. The first kappa shape index (κ1) is 16.9. The van der Waals surface area contributed by atoms with E-state index in [-0.39, 0.29) is 6.09 Å². The number of H-pyrrole nitrogens is 1. The van der Waals surface area contributed by atoms with Crippen molar-refractivity contribution in [3.05, 3.63) is 24.0 Å². The summed E-state index contributed by atoms with van der Waals surface area (Å²) in [5.41, 5.74) is 0.804. The van der Waals surface area contributed by atoms with Crippen molar-refractivity contribution in [3.63, 3.8) is 0 Å². The Morgan fingerprint density at radius 2 is 2.27 bits per heavy atom. The van der Waals surface area contributed by atoms with Crippen LogP contribution in [0.15, 0.2) is 18.3 Å². The summed E-state index contributed by atoms with van der Waals surface area (Å²) in [4.78, 5) is 19.5. The minimum atomic E-state index is -0.423. The molecule has 1 aromatic rings. The maximum absolute atomic E-state index is 12.1. The SMILES string of the molecule is C[C@H](c1ccc[nH]1)N(C)C[C@H]1CCN(C(=O)OC(C)(C)C)C1. The summed E-state index contributed by atoms with van der Waals surface area (Å²) in [6.07, 6.45) is 2.82. The van der Waals surface area contributed by atoms with E-state index >= 15 is 0 Å².